The molecule has 1 amide bonds. The summed E-state index contributed by atoms with van der Waals surface area (Å²) in [6, 6.07) is 5.68. The van der Waals surface area contributed by atoms with Crippen molar-refractivity contribution in [2.75, 3.05) is 0 Å². The summed E-state index contributed by atoms with van der Waals surface area (Å²) in [7, 11) is 0. The topological polar surface area (TPSA) is 89.5 Å². The molecule has 0 aliphatic heterocycles. The van der Waals surface area contributed by atoms with Crippen molar-refractivity contribution < 1.29 is 4.79 Å². The molecule has 6 nitrogen and oxygen atoms in total. The summed E-state index contributed by atoms with van der Waals surface area (Å²) in [6.45, 7) is 0. The average Bonchev–Trinajstić information content (AvgIpc) is 2.56. The van der Waals surface area contributed by atoms with Crippen LogP contribution in [0, 0.1) is 11.8 Å². The Kier molecular flexibility index (Phi) is 3.84. The number of amides is 1. The molecule has 2 aromatic heterocycles. The Labute approximate surface area is 140 Å². The van der Waals surface area contributed by atoms with E-state index in [0.717, 1.165) is 25.7 Å². The van der Waals surface area contributed by atoms with Gasteiger partial charge < -0.3 is 11.1 Å². The fourth-order valence-electron chi connectivity index (χ4n) is 4.44. The van der Waals surface area contributed by atoms with Crippen LogP contribution >= 0.6 is 0 Å². The van der Waals surface area contributed by atoms with Gasteiger partial charge in [0.1, 0.15) is 11.2 Å². The van der Waals surface area contributed by atoms with Gasteiger partial charge in [-0.25, -0.2) is 4.98 Å². The van der Waals surface area contributed by atoms with Crippen LogP contribution < -0.4 is 16.6 Å². The molecule has 2 unspecified atom stereocenters. The molecule has 0 radical (unpaired) electrons. The first-order chi connectivity index (χ1) is 11.6. The number of nitrogens with one attached hydrogen (secondary N) is 1. The van der Waals surface area contributed by atoms with Crippen molar-refractivity contribution in [3.63, 3.8) is 0 Å². The van der Waals surface area contributed by atoms with Crippen LogP contribution in [0.1, 0.15) is 42.5 Å². The van der Waals surface area contributed by atoms with Crippen molar-refractivity contribution in [3.05, 3.63) is 46.5 Å². The lowest BCUT2D eigenvalue weighted by Gasteiger charge is -2.45. The molecular formula is C18H22N4O2. The normalized spacial score (nSPS) is 29.4. The minimum atomic E-state index is -0.323. The second-order valence-corrected chi connectivity index (χ2v) is 7.09. The van der Waals surface area contributed by atoms with Gasteiger partial charge in [0.15, 0.2) is 0 Å². The lowest BCUT2D eigenvalue weighted by Crippen LogP contribution is -2.54. The molecular weight excluding hydrogens is 304 g/mol. The Balaban J connectivity index is 1.61. The minimum absolute atomic E-state index is 0.103. The van der Waals surface area contributed by atoms with Crippen LogP contribution in [0.4, 0.5) is 0 Å². The van der Waals surface area contributed by atoms with Gasteiger partial charge in [0.25, 0.3) is 11.5 Å². The molecule has 4 rings (SSSR count). The van der Waals surface area contributed by atoms with Gasteiger partial charge >= 0.3 is 0 Å². The smallest absolute Gasteiger partial charge is 0.270 e. The lowest BCUT2D eigenvalue weighted by molar-refractivity contribution is 0.0754. The Bertz CT molecular complexity index is 817. The van der Waals surface area contributed by atoms with E-state index in [-0.39, 0.29) is 29.1 Å². The first-order valence-corrected chi connectivity index (χ1v) is 8.66. The van der Waals surface area contributed by atoms with E-state index < -0.39 is 0 Å². The van der Waals surface area contributed by atoms with Gasteiger partial charge in [-0.1, -0.05) is 12.5 Å². The van der Waals surface area contributed by atoms with E-state index in [1.807, 2.05) is 6.07 Å². The summed E-state index contributed by atoms with van der Waals surface area (Å²) < 4.78 is 1.41. The first kappa shape index (κ1) is 15.3. The van der Waals surface area contributed by atoms with Crippen molar-refractivity contribution in [3.8, 4) is 0 Å². The van der Waals surface area contributed by atoms with E-state index in [4.69, 9.17) is 5.73 Å². The zero-order valence-corrected chi connectivity index (χ0v) is 13.5. The van der Waals surface area contributed by atoms with Gasteiger partial charge in [-0.15, -0.1) is 0 Å². The third kappa shape index (κ3) is 2.60. The maximum absolute atomic E-state index is 12.7. The number of nitrogens with two attached hydrogens (primary N) is 1. The molecule has 24 heavy (non-hydrogen) atoms. The zero-order valence-electron chi connectivity index (χ0n) is 13.5. The first-order valence-electron chi connectivity index (χ1n) is 8.66. The van der Waals surface area contributed by atoms with Gasteiger partial charge in [-0.3, -0.25) is 14.0 Å². The fourth-order valence-corrected chi connectivity index (χ4v) is 4.44. The number of hydrogen-bond acceptors (Lipinski definition) is 4. The molecule has 3 N–H and O–H groups in total. The maximum atomic E-state index is 12.7. The molecule has 2 heterocycles. The number of hydrogen-bond donors (Lipinski definition) is 2. The number of fused-ring (bicyclic) bond motifs is 3. The summed E-state index contributed by atoms with van der Waals surface area (Å²) >= 11 is 0. The van der Waals surface area contributed by atoms with Crippen LogP contribution in [-0.2, 0) is 0 Å². The van der Waals surface area contributed by atoms with E-state index in [1.165, 1.54) is 17.0 Å². The predicted octanol–water partition coefficient (Wildman–Crippen LogP) is 1.33. The Morgan fingerprint density at radius 1 is 1.25 bits per heavy atom. The second-order valence-electron chi connectivity index (χ2n) is 7.09. The van der Waals surface area contributed by atoms with E-state index in [9.17, 15) is 9.59 Å². The Morgan fingerprint density at radius 3 is 2.75 bits per heavy atom. The molecule has 2 aliphatic carbocycles. The highest BCUT2D eigenvalue weighted by atomic mass is 16.2. The van der Waals surface area contributed by atoms with E-state index >= 15 is 0 Å². The second kappa shape index (κ2) is 6.02. The molecule has 2 aliphatic rings. The number of rotatable bonds is 2. The fraction of sp³-hybridized carbons (Fsp3) is 0.500. The average molecular weight is 326 g/mol. The van der Waals surface area contributed by atoms with Crippen LogP contribution in [0.15, 0.2) is 35.4 Å². The summed E-state index contributed by atoms with van der Waals surface area (Å²) in [5.74, 6) is 0.531. The van der Waals surface area contributed by atoms with Gasteiger partial charge in [-0.2, -0.15) is 0 Å². The molecule has 2 saturated carbocycles. The number of carbonyl (C=O) groups is 1. The third-order valence-electron chi connectivity index (χ3n) is 5.53. The van der Waals surface area contributed by atoms with Crippen molar-refractivity contribution in [1.82, 2.24) is 14.7 Å². The Morgan fingerprint density at radius 2 is 2.00 bits per heavy atom. The van der Waals surface area contributed by atoms with Gasteiger partial charge in [-0.05, 0) is 49.7 Å². The standard InChI is InChI=1S/C18H22N4O2/c19-13-8-11-4-3-5-12(9-13)16(11)21-17(23)14-10-20-15-6-1-2-7-22(15)18(14)24/h1-2,6-7,10-13,16H,3-5,8-9,19H2,(H,21,23). The van der Waals surface area contributed by atoms with Crippen molar-refractivity contribution in [2.24, 2.45) is 17.6 Å². The molecule has 126 valence electrons. The van der Waals surface area contributed by atoms with Crippen molar-refractivity contribution >= 4 is 11.6 Å². The van der Waals surface area contributed by atoms with Crippen LogP contribution in [0.3, 0.4) is 0 Å². The minimum Gasteiger partial charge on any atom is -0.349 e. The molecule has 2 fully saturated rings. The Hall–Kier alpha value is -2.21. The van der Waals surface area contributed by atoms with Crippen molar-refractivity contribution in [2.45, 2.75) is 44.2 Å². The quantitative estimate of drug-likeness (QED) is 0.871. The molecule has 2 bridgehead atoms. The molecule has 0 saturated heterocycles. The van der Waals surface area contributed by atoms with E-state index in [1.54, 1.807) is 18.3 Å². The largest absolute Gasteiger partial charge is 0.349 e. The van der Waals surface area contributed by atoms with E-state index in [2.05, 4.69) is 10.3 Å². The van der Waals surface area contributed by atoms with Gasteiger partial charge in [0.05, 0.1) is 0 Å². The SMILES string of the molecule is NC1CC2CCCC(C1)C2NC(=O)c1cnc2ccccn2c1=O. The van der Waals surface area contributed by atoms with Crippen molar-refractivity contribution in [1.29, 1.82) is 0 Å². The molecule has 2 atom stereocenters. The van der Waals surface area contributed by atoms with Crippen LogP contribution in [-0.4, -0.2) is 27.4 Å². The molecule has 6 heteroatoms. The molecule has 2 aromatic rings. The summed E-state index contributed by atoms with van der Waals surface area (Å²) in [4.78, 5) is 29.5. The number of pyridine rings is 1. The molecule has 0 aromatic carbocycles. The maximum Gasteiger partial charge on any atom is 0.270 e. The lowest BCUT2D eigenvalue weighted by atomic mass is 9.67. The monoisotopic (exact) mass is 326 g/mol. The van der Waals surface area contributed by atoms with Crippen LogP contribution in [0.2, 0.25) is 0 Å². The number of aromatic nitrogens is 2. The summed E-state index contributed by atoms with van der Waals surface area (Å²) in [5, 5.41) is 3.12. The predicted molar refractivity (Wildman–Crippen MR) is 90.8 cm³/mol. The highest BCUT2D eigenvalue weighted by Gasteiger charge is 2.40. The summed E-state index contributed by atoms with van der Waals surface area (Å²) in [5.41, 5.74) is 6.46. The number of carbonyl (C=O) groups excluding carboxylic acids is 1. The summed E-state index contributed by atoms with van der Waals surface area (Å²) in [6.07, 6.45) is 8.34. The third-order valence-corrected chi connectivity index (χ3v) is 5.53. The van der Waals surface area contributed by atoms with Crippen LogP contribution in [0.25, 0.3) is 5.65 Å². The van der Waals surface area contributed by atoms with Gasteiger partial charge in [0, 0.05) is 24.5 Å². The highest BCUT2D eigenvalue weighted by molar-refractivity contribution is 5.94. The number of nitrogens with zero attached hydrogens (tertiary/aromatic N) is 2. The molecule has 0 spiro atoms. The van der Waals surface area contributed by atoms with Gasteiger partial charge in [0.2, 0.25) is 0 Å². The van der Waals surface area contributed by atoms with E-state index in [0.29, 0.717) is 17.5 Å². The highest BCUT2D eigenvalue weighted by Crippen LogP contribution is 2.39. The zero-order chi connectivity index (χ0) is 16.7. The van der Waals surface area contributed by atoms with Crippen LogP contribution in [0.5, 0.6) is 0 Å².